The topological polar surface area (TPSA) is 105 Å². The van der Waals surface area contributed by atoms with E-state index in [4.69, 9.17) is 18.9 Å². The van der Waals surface area contributed by atoms with E-state index in [1.165, 1.54) is 4.57 Å². The number of fused-ring (bicyclic) bond motifs is 2. The first kappa shape index (κ1) is 20.6. The Labute approximate surface area is 188 Å². The van der Waals surface area contributed by atoms with Crippen LogP contribution in [0, 0.1) is 0 Å². The summed E-state index contributed by atoms with van der Waals surface area (Å²) < 4.78 is 23.4. The fraction of sp³-hybridized carbons (Fsp3) is 0.208. The van der Waals surface area contributed by atoms with E-state index < -0.39 is 11.2 Å². The summed E-state index contributed by atoms with van der Waals surface area (Å²) in [6, 6.07) is 12.6. The molecule has 0 amide bonds. The van der Waals surface area contributed by atoms with Crippen LogP contribution in [0.15, 0.2) is 58.3 Å². The van der Waals surface area contributed by atoms with Gasteiger partial charge < -0.3 is 18.9 Å². The summed E-state index contributed by atoms with van der Waals surface area (Å²) in [5.41, 5.74) is 1.40. The second kappa shape index (κ2) is 8.34. The Morgan fingerprint density at radius 1 is 0.970 bits per heavy atom. The lowest BCUT2D eigenvalue weighted by atomic mass is 10.0. The Morgan fingerprint density at radius 3 is 2.55 bits per heavy atom. The highest BCUT2D eigenvalue weighted by molar-refractivity contribution is 5.92. The molecule has 0 saturated heterocycles. The molecule has 0 aliphatic carbocycles. The van der Waals surface area contributed by atoms with E-state index in [0.717, 1.165) is 11.1 Å². The number of hydrogen-bond donors (Lipinski definition) is 1. The smallest absolute Gasteiger partial charge is 0.330 e. The molecule has 9 heteroatoms. The molecule has 0 bridgehead atoms. The molecule has 0 atom stereocenters. The van der Waals surface area contributed by atoms with Crippen molar-refractivity contribution < 1.29 is 18.9 Å². The maximum absolute atomic E-state index is 12.9. The minimum absolute atomic E-state index is 0.200. The standard InChI is InChI=1S/C24H21N3O6/c1-30-17-6-4-15(12-19(17)31-2)16-7-8-25-22-21(16)23(28)26-24(29)27(22)13-14-3-5-18-20(11-14)33-10-9-32-18/h3-8,11-12H,9-10,13H2,1-2H3,(H,26,28,29). The third kappa shape index (κ3) is 3.67. The Hall–Kier alpha value is -4.27. The number of hydrogen-bond acceptors (Lipinski definition) is 7. The molecule has 9 nitrogen and oxygen atoms in total. The molecule has 0 spiro atoms. The minimum atomic E-state index is -0.542. The summed E-state index contributed by atoms with van der Waals surface area (Å²) in [5.74, 6) is 2.39. The number of methoxy groups -OCH3 is 2. The number of rotatable bonds is 5. The van der Waals surface area contributed by atoms with Gasteiger partial charge >= 0.3 is 5.69 Å². The maximum Gasteiger partial charge on any atom is 0.330 e. The van der Waals surface area contributed by atoms with Gasteiger partial charge in [-0.15, -0.1) is 0 Å². The molecule has 1 N–H and O–H groups in total. The number of nitrogens with one attached hydrogen (secondary N) is 1. The van der Waals surface area contributed by atoms with Crippen LogP contribution in [-0.2, 0) is 6.54 Å². The zero-order valence-corrected chi connectivity index (χ0v) is 18.1. The molecule has 0 fully saturated rings. The summed E-state index contributed by atoms with van der Waals surface area (Å²) in [7, 11) is 3.10. The summed E-state index contributed by atoms with van der Waals surface area (Å²) >= 11 is 0. The van der Waals surface area contributed by atoms with Gasteiger partial charge in [0.2, 0.25) is 0 Å². The lowest BCUT2D eigenvalue weighted by Gasteiger charge is -2.19. The van der Waals surface area contributed by atoms with Crippen molar-refractivity contribution >= 4 is 11.0 Å². The van der Waals surface area contributed by atoms with E-state index in [9.17, 15) is 9.59 Å². The van der Waals surface area contributed by atoms with E-state index in [2.05, 4.69) is 9.97 Å². The molecule has 168 valence electrons. The van der Waals surface area contributed by atoms with Crippen molar-refractivity contribution in [1.29, 1.82) is 0 Å². The number of pyridine rings is 1. The highest BCUT2D eigenvalue weighted by Gasteiger charge is 2.17. The third-order valence-corrected chi connectivity index (χ3v) is 5.52. The summed E-state index contributed by atoms with van der Waals surface area (Å²) in [4.78, 5) is 32.4. The van der Waals surface area contributed by atoms with Gasteiger partial charge in [-0.05, 0) is 47.0 Å². The molecule has 3 heterocycles. The van der Waals surface area contributed by atoms with Gasteiger partial charge in [0.15, 0.2) is 23.0 Å². The number of ether oxygens (including phenoxy) is 4. The molecule has 4 aromatic rings. The predicted molar refractivity (Wildman–Crippen MR) is 122 cm³/mol. The molecular formula is C24H21N3O6. The molecule has 0 unspecified atom stereocenters. The van der Waals surface area contributed by atoms with E-state index in [-0.39, 0.29) is 12.2 Å². The number of H-pyrrole nitrogens is 1. The molecule has 5 rings (SSSR count). The lowest BCUT2D eigenvalue weighted by molar-refractivity contribution is 0.171. The van der Waals surface area contributed by atoms with Crippen molar-refractivity contribution in [2.45, 2.75) is 6.54 Å². The summed E-state index contributed by atoms with van der Waals surface area (Å²) in [5, 5.41) is 0.307. The molecule has 1 aliphatic rings. The van der Waals surface area contributed by atoms with Crippen LogP contribution in [0.5, 0.6) is 23.0 Å². The zero-order valence-electron chi connectivity index (χ0n) is 18.1. The monoisotopic (exact) mass is 447 g/mol. The van der Waals surface area contributed by atoms with Gasteiger partial charge in [0.25, 0.3) is 5.56 Å². The van der Waals surface area contributed by atoms with Crippen LogP contribution in [0.25, 0.3) is 22.2 Å². The van der Waals surface area contributed by atoms with Crippen molar-refractivity contribution in [3.8, 4) is 34.1 Å². The first-order valence-electron chi connectivity index (χ1n) is 10.3. The van der Waals surface area contributed by atoms with Crippen LogP contribution < -0.4 is 30.2 Å². The van der Waals surface area contributed by atoms with Crippen molar-refractivity contribution in [3.63, 3.8) is 0 Å². The number of benzene rings is 2. The Balaban J connectivity index is 1.65. The van der Waals surface area contributed by atoms with Crippen molar-refractivity contribution in [2.24, 2.45) is 0 Å². The van der Waals surface area contributed by atoms with Crippen LogP contribution in [-0.4, -0.2) is 42.0 Å². The first-order valence-corrected chi connectivity index (χ1v) is 10.3. The quantitative estimate of drug-likeness (QED) is 0.501. The van der Waals surface area contributed by atoms with Crippen LogP contribution in [0.3, 0.4) is 0 Å². The second-order valence-corrected chi connectivity index (χ2v) is 7.45. The SMILES string of the molecule is COc1ccc(-c2ccnc3c2c(=O)[nH]c(=O)n3Cc2ccc3c(c2)OCCO3)cc1OC. The fourth-order valence-electron chi connectivity index (χ4n) is 3.96. The largest absolute Gasteiger partial charge is 0.493 e. The van der Waals surface area contributed by atoms with E-state index in [0.29, 0.717) is 47.2 Å². The molecule has 2 aromatic carbocycles. The van der Waals surface area contributed by atoms with Crippen LogP contribution in [0.1, 0.15) is 5.56 Å². The highest BCUT2D eigenvalue weighted by atomic mass is 16.6. The molecule has 33 heavy (non-hydrogen) atoms. The maximum atomic E-state index is 12.9. The Morgan fingerprint density at radius 2 is 1.76 bits per heavy atom. The second-order valence-electron chi connectivity index (χ2n) is 7.45. The fourth-order valence-corrected chi connectivity index (χ4v) is 3.96. The van der Waals surface area contributed by atoms with Crippen molar-refractivity contribution in [2.75, 3.05) is 27.4 Å². The molecular weight excluding hydrogens is 426 g/mol. The number of aromatic nitrogens is 3. The minimum Gasteiger partial charge on any atom is -0.493 e. The Kier molecular flexibility index (Phi) is 5.21. The normalized spacial score (nSPS) is 12.5. The number of nitrogens with zero attached hydrogens (tertiary/aromatic N) is 2. The molecule has 2 aromatic heterocycles. The summed E-state index contributed by atoms with van der Waals surface area (Å²) in [6.07, 6.45) is 1.58. The first-order chi connectivity index (χ1) is 16.1. The number of aromatic amines is 1. The lowest BCUT2D eigenvalue weighted by Crippen LogP contribution is -2.31. The average Bonchev–Trinajstić information content (AvgIpc) is 2.85. The van der Waals surface area contributed by atoms with Gasteiger partial charge in [-0.3, -0.25) is 14.3 Å². The van der Waals surface area contributed by atoms with E-state index >= 15 is 0 Å². The molecule has 0 saturated carbocycles. The predicted octanol–water partition coefficient (Wildman–Crippen LogP) is 2.59. The zero-order chi connectivity index (χ0) is 22.9. The third-order valence-electron chi connectivity index (χ3n) is 5.52. The van der Waals surface area contributed by atoms with Gasteiger partial charge in [0, 0.05) is 6.20 Å². The summed E-state index contributed by atoms with van der Waals surface area (Å²) in [6.45, 7) is 1.17. The van der Waals surface area contributed by atoms with E-state index in [1.807, 2.05) is 24.3 Å². The van der Waals surface area contributed by atoms with Crippen LogP contribution >= 0.6 is 0 Å². The molecule has 0 radical (unpaired) electrons. The van der Waals surface area contributed by atoms with Gasteiger partial charge in [-0.25, -0.2) is 9.78 Å². The van der Waals surface area contributed by atoms with Gasteiger partial charge in [-0.2, -0.15) is 0 Å². The average molecular weight is 447 g/mol. The Bertz CT molecular complexity index is 1470. The van der Waals surface area contributed by atoms with Gasteiger partial charge in [-0.1, -0.05) is 12.1 Å². The van der Waals surface area contributed by atoms with Crippen molar-refractivity contribution in [3.05, 3.63) is 75.1 Å². The van der Waals surface area contributed by atoms with E-state index in [1.54, 1.807) is 38.6 Å². The highest BCUT2D eigenvalue weighted by Crippen LogP contribution is 2.34. The van der Waals surface area contributed by atoms with Crippen molar-refractivity contribution in [1.82, 2.24) is 14.5 Å². The van der Waals surface area contributed by atoms with Gasteiger partial charge in [0.1, 0.15) is 18.9 Å². The van der Waals surface area contributed by atoms with Crippen LogP contribution in [0.2, 0.25) is 0 Å². The molecule has 1 aliphatic heterocycles. The van der Waals surface area contributed by atoms with Crippen LogP contribution in [0.4, 0.5) is 0 Å². The van der Waals surface area contributed by atoms with Gasteiger partial charge in [0.05, 0.1) is 26.2 Å².